The molecule has 76 valence electrons. The molecule has 0 spiro atoms. The Bertz CT molecular complexity index is 331. The van der Waals surface area contributed by atoms with Gasteiger partial charge >= 0.3 is 0 Å². The number of hydrogen-bond acceptors (Lipinski definition) is 4. The Morgan fingerprint density at radius 3 is 2.79 bits per heavy atom. The molecular formula is C9H12N2O2S. The minimum atomic E-state index is 0.0648. The third-order valence-corrected chi connectivity index (χ3v) is 3.07. The first-order valence-electron chi connectivity index (χ1n) is 4.48. The molecule has 1 fully saturated rings. The van der Waals surface area contributed by atoms with Gasteiger partial charge in [0.15, 0.2) is 0 Å². The topological polar surface area (TPSA) is 55.6 Å². The fourth-order valence-corrected chi connectivity index (χ4v) is 2.15. The number of ether oxygens (including phenoxy) is 1. The summed E-state index contributed by atoms with van der Waals surface area (Å²) in [5, 5.41) is 1.79. The second-order valence-electron chi connectivity index (χ2n) is 3.15. The molecule has 1 amide bonds. The lowest BCUT2D eigenvalue weighted by Gasteiger charge is -2.26. The predicted octanol–water partition coefficient (Wildman–Crippen LogP) is 0.803. The maximum Gasteiger partial charge on any atom is 0.264 e. The molecule has 1 saturated heterocycles. The van der Waals surface area contributed by atoms with Gasteiger partial charge in [0, 0.05) is 24.2 Å². The molecule has 0 unspecified atom stereocenters. The Hall–Kier alpha value is -1.07. The second kappa shape index (κ2) is 3.98. The van der Waals surface area contributed by atoms with Crippen LogP contribution in [0.5, 0.6) is 0 Å². The molecule has 4 nitrogen and oxygen atoms in total. The average molecular weight is 212 g/mol. The van der Waals surface area contributed by atoms with Crippen molar-refractivity contribution in [2.24, 2.45) is 0 Å². The van der Waals surface area contributed by atoms with Gasteiger partial charge in [-0.2, -0.15) is 0 Å². The zero-order chi connectivity index (χ0) is 9.97. The molecule has 1 aliphatic rings. The van der Waals surface area contributed by atoms with E-state index in [9.17, 15) is 4.79 Å². The molecule has 0 saturated carbocycles. The van der Waals surface area contributed by atoms with Crippen molar-refractivity contribution in [1.82, 2.24) is 4.90 Å². The molecule has 5 heteroatoms. The van der Waals surface area contributed by atoms with Crippen molar-refractivity contribution < 1.29 is 9.53 Å². The molecule has 1 aromatic heterocycles. The van der Waals surface area contributed by atoms with Crippen LogP contribution in [-0.4, -0.2) is 37.1 Å². The number of hydrogen-bond donors (Lipinski definition) is 1. The van der Waals surface area contributed by atoms with Gasteiger partial charge in [-0.3, -0.25) is 4.79 Å². The molecule has 0 bridgehead atoms. The second-order valence-corrected chi connectivity index (χ2v) is 4.06. The highest BCUT2D eigenvalue weighted by Gasteiger charge is 2.19. The summed E-state index contributed by atoms with van der Waals surface area (Å²) in [6.07, 6.45) is 0. The maximum atomic E-state index is 11.8. The standard InChI is InChI=1S/C9H12N2O2S/c10-7-5-8(14-6-7)9(12)11-1-3-13-4-2-11/h5-6H,1-4,10H2. The van der Waals surface area contributed by atoms with E-state index < -0.39 is 0 Å². The summed E-state index contributed by atoms with van der Waals surface area (Å²) in [4.78, 5) is 14.4. The number of nitrogen functional groups attached to an aromatic ring is 1. The summed E-state index contributed by atoms with van der Waals surface area (Å²) >= 11 is 1.39. The van der Waals surface area contributed by atoms with Crippen LogP contribution < -0.4 is 5.73 Å². The monoisotopic (exact) mass is 212 g/mol. The van der Waals surface area contributed by atoms with Gasteiger partial charge in [0.25, 0.3) is 5.91 Å². The van der Waals surface area contributed by atoms with Gasteiger partial charge in [0.05, 0.1) is 18.1 Å². The first kappa shape index (κ1) is 9.48. The summed E-state index contributed by atoms with van der Waals surface area (Å²) in [5.41, 5.74) is 6.22. The summed E-state index contributed by atoms with van der Waals surface area (Å²) in [6.45, 7) is 2.62. The van der Waals surface area contributed by atoms with Crippen molar-refractivity contribution in [1.29, 1.82) is 0 Å². The third-order valence-electron chi connectivity index (χ3n) is 2.13. The third kappa shape index (κ3) is 1.88. The van der Waals surface area contributed by atoms with Gasteiger partial charge in [0.2, 0.25) is 0 Å². The van der Waals surface area contributed by atoms with E-state index >= 15 is 0 Å². The van der Waals surface area contributed by atoms with E-state index in [0.29, 0.717) is 36.9 Å². The number of morpholine rings is 1. The van der Waals surface area contributed by atoms with Crippen molar-refractivity contribution in [3.05, 3.63) is 16.3 Å². The summed E-state index contributed by atoms with van der Waals surface area (Å²) in [6, 6.07) is 1.72. The van der Waals surface area contributed by atoms with Crippen LogP contribution >= 0.6 is 11.3 Å². The van der Waals surface area contributed by atoms with E-state index in [-0.39, 0.29) is 5.91 Å². The highest BCUT2D eigenvalue weighted by molar-refractivity contribution is 7.12. The molecule has 2 N–H and O–H groups in total. The van der Waals surface area contributed by atoms with Gasteiger partial charge in [-0.15, -0.1) is 11.3 Å². The zero-order valence-corrected chi connectivity index (χ0v) is 8.55. The Balaban J connectivity index is 2.07. The smallest absolute Gasteiger partial charge is 0.264 e. The first-order valence-corrected chi connectivity index (χ1v) is 5.36. The highest BCUT2D eigenvalue weighted by Crippen LogP contribution is 2.18. The number of rotatable bonds is 1. The molecule has 14 heavy (non-hydrogen) atoms. The first-order chi connectivity index (χ1) is 6.77. The number of anilines is 1. The minimum Gasteiger partial charge on any atom is -0.398 e. The van der Waals surface area contributed by atoms with Crippen molar-refractivity contribution in [3.8, 4) is 0 Å². The molecule has 0 radical (unpaired) electrons. The Morgan fingerprint density at radius 1 is 1.50 bits per heavy atom. The maximum absolute atomic E-state index is 11.8. The van der Waals surface area contributed by atoms with Crippen LogP contribution in [0, 0.1) is 0 Å². The van der Waals surface area contributed by atoms with E-state index in [1.54, 1.807) is 16.3 Å². The van der Waals surface area contributed by atoms with E-state index in [2.05, 4.69) is 0 Å². The van der Waals surface area contributed by atoms with Crippen LogP contribution in [0.1, 0.15) is 9.67 Å². The number of amides is 1. The van der Waals surface area contributed by atoms with Gasteiger partial charge in [-0.05, 0) is 6.07 Å². The predicted molar refractivity (Wildman–Crippen MR) is 55.5 cm³/mol. The normalized spacial score (nSPS) is 17.0. The fraction of sp³-hybridized carbons (Fsp3) is 0.444. The van der Waals surface area contributed by atoms with Crippen LogP contribution in [-0.2, 0) is 4.74 Å². The molecule has 0 atom stereocenters. The Kier molecular flexibility index (Phi) is 2.69. The van der Waals surface area contributed by atoms with Gasteiger partial charge < -0.3 is 15.4 Å². The van der Waals surface area contributed by atoms with Crippen molar-refractivity contribution >= 4 is 22.9 Å². The molecule has 1 aliphatic heterocycles. The number of carbonyl (C=O) groups is 1. The minimum absolute atomic E-state index is 0.0648. The fourth-order valence-electron chi connectivity index (χ4n) is 1.39. The molecule has 1 aromatic rings. The molecule has 0 aliphatic carbocycles. The van der Waals surface area contributed by atoms with E-state index in [1.165, 1.54) is 11.3 Å². The van der Waals surface area contributed by atoms with E-state index in [1.807, 2.05) is 0 Å². The number of nitrogens with zero attached hydrogens (tertiary/aromatic N) is 1. The zero-order valence-electron chi connectivity index (χ0n) is 7.73. The lowest BCUT2D eigenvalue weighted by atomic mass is 10.3. The quantitative estimate of drug-likeness (QED) is 0.749. The lowest BCUT2D eigenvalue weighted by Crippen LogP contribution is -2.40. The van der Waals surface area contributed by atoms with Crippen LogP contribution in [0.15, 0.2) is 11.4 Å². The van der Waals surface area contributed by atoms with E-state index in [0.717, 1.165) is 0 Å². The largest absolute Gasteiger partial charge is 0.398 e. The number of thiophene rings is 1. The highest BCUT2D eigenvalue weighted by atomic mass is 32.1. The Morgan fingerprint density at radius 2 is 2.21 bits per heavy atom. The van der Waals surface area contributed by atoms with Crippen LogP contribution in [0.3, 0.4) is 0 Å². The lowest BCUT2D eigenvalue weighted by molar-refractivity contribution is 0.0306. The number of carbonyl (C=O) groups excluding carboxylic acids is 1. The van der Waals surface area contributed by atoms with Gasteiger partial charge in [0.1, 0.15) is 0 Å². The molecule has 0 aromatic carbocycles. The summed E-state index contributed by atoms with van der Waals surface area (Å²) in [5.74, 6) is 0.0648. The summed E-state index contributed by atoms with van der Waals surface area (Å²) < 4.78 is 5.18. The SMILES string of the molecule is Nc1csc(C(=O)N2CCOCC2)c1. The summed E-state index contributed by atoms with van der Waals surface area (Å²) in [7, 11) is 0. The average Bonchev–Trinajstić information content (AvgIpc) is 2.65. The molecular weight excluding hydrogens is 200 g/mol. The Labute approximate surface area is 86.3 Å². The molecule has 2 heterocycles. The van der Waals surface area contributed by atoms with Crippen molar-refractivity contribution in [3.63, 3.8) is 0 Å². The van der Waals surface area contributed by atoms with Crippen LogP contribution in [0.2, 0.25) is 0 Å². The number of nitrogens with two attached hydrogens (primary N) is 1. The van der Waals surface area contributed by atoms with Gasteiger partial charge in [-0.1, -0.05) is 0 Å². The van der Waals surface area contributed by atoms with Crippen molar-refractivity contribution in [2.45, 2.75) is 0 Å². The van der Waals surface area contributed by atoms with Crippen molar-refractivity contribution in [2.75, 3.05) is 32.0 Å². The van der Waals surface area contributed by atoms with Gasteiger partial charge in [-0.25, -0.2) is 0 Å². The van der Waals surface area contributed by atoms with Crippen LogP contribution in [0.4, 0.5) is 5.69 Å². The van der Waals surface area contributed by atoms with E-state index in [4.69, 9.17) is 10.5 Å². The molecule has 2 rings (SSSR count). The van der Waals surface area contributed by atoms with Crippen LogP contribution in [0.25, 0.3) is 0 Å².